The molecule has 212 valence electrons. The van der Waals surface area contributed by atoms with E-state index < -0.39 is 30.4 Å². The molecule has 0 saturated heterocycles. The lowest BCUT2D eigenvalue weighted by Gasteiger charge is -2.50. The first-order valence-corrected chi connectivity index (χ1v) is 13.5. The fourth-order valence-electron chi connectivity index (χ4n) is 5.04. The number of fused-ring (bicyclic) bond motifs is 4. The zero-order valence-electron chi connectivity index (χ0n) is 22.9. The molecule has 41 heavy (non-hydrogen) atoms. The van der Waals surface area contributed by atoms with E-state index >= 15 is 0 Å². The number of carbonyl (C=O) groups excluding carboxylic acids is 3. The minimum atomic E-state index is -1.35. The normalized spacial score (nSPS) is 17.6. The third-order valence-corrected chi connectivity index (χ3v) is 6.94. The minimum absolute atomic E-state index is 0.0153. The van der Waals surface area contributed by atoms with Gasteiger partial charge in [-0.2, -0.15) is 0 Å². The molecule has 0 fully saturated rings. The van der Waals surface area contributed by atoms with Gasteiger partial charge in [0, 0.05) is 6.42 Å². The average molecular weight is 557 g/mol. The van der Waals surface area contributed by atoms with Crippen LogP contribution in [-0.2, 0) is 32.2 Å². The standard InChI is InChI=1S/C32H32N2O7/c1-21(2)18-39-30(36)28-27(35)17-26-24-15-9-10-16-25(24)33(31(37)40-19-22-11-5-3-6-12-22)29(28)34(26)32(38)41-20-23-13-7-4-8-14-23/h3-16,21,26,29,35H,17-20H2,1-2H3. The first-order valence-electron chi connectivity index (χ1n) is 13.5. The third kappa shape index (κ3) is 5.89. The number of benzene rings is 3. The molecule has 2 amide bonds. The van der Waals surface area contributed by atoms with Crippen molar-refractivity contribution in [3.05, 3.63) is 113 Å². The van der Waals surface area contributed by atoms with Crippen molar-refractivity contribution in [2.75, 3.05) is 11.5 Å². The number of aliphatic hydroxyl groups excluding tert-OH is 1. The summed E-state index contributed by atoms with van der Waals surface area (Å²) in [5.41, 5.74) is 2.41. The molecule has 9 nitrogen and oxygen atoms in total. The highest BCUT2D eigenvalue weighted by molar-refractivity contribution is 5.99. The number of para-hydroxylation sites is 1. The molecule has 0 saturated carbocycles. The number of carbonyl (C=O) groups is 3. The molecular formula is C32H32N2O7. The van der Waals surface area contributed by atoms with Crippen LogP contribution in [0.4, 0.5) is 15.3 Å². The summed E-state index contributed by atoms with van der Waals surface area (Å²) in [4.78, 5) is 43.5. The van der Waals surface area contributed by atoms with Crippen molar-refractivity contribution in [2.24, 2.45) is 5.92 Å². The van der Waals surface area contributed by atoms with Crippen LogP contribution in [0.15, 0.2) is 96.3 Å². The van der Waals surface area contributed by atoms with Gasteiger partial charge in [-0.15, -0.1) is 0 Å². The Balaban J connectivity index is 1.54. The Bertz CT molecular complexity index is 1440. The van der Waals surface area contributed by atoms with E-state index in [0.29, 0.717) is 11.3 Å². The van der Waals surface area contributed by atoms with Crippen molar-refractivity contribution >= 4 is 23.8 Å². The predicted octanol–water partition coefficient (Wildman–Crippen LogP) is 6.26. The van der Waals surface area contributed by atoms with Crippen LogP contribution in [0.25, 0.3) is 0 Å². The van der Waals surface area contributed by atoms with Crippen LogP contribution in [-0.4, -0.2) is 40.9 Å². The zero-order chi connectivity index (χ0) is 28.9. The first kappa shape index (κ1) is 27.8. The number of nitrogens with zero attached hydrogens (tertiary/aromatic N) is 2. The lowest BCUT2D eigenvalue weighted by molar-refractivity contribution is -0.141. The van der Waals surface area contributed by atoms with E-state index in [4.69, 9.17) is 14.2 Å². The van der Waals surface area contributed by atoms with Crippen LogP contribution in [0.1, 0.15) is 43.0 Å². The predicted molar refractivity (Wildman–Crippen MR) is 151 cm³/mol. The highest BCUT2D eigenvalue weighted by Crippen LogP contribution is 2.48. The summed E-state index contributed by atoms with van der Waals surface area (Å²) in [7, 11) is 0. The van der Waals surface area contributed by atoms with Crippen molar-refractivity contribution in [1.82, 2.24) is 4.90 Å². The van der Waals surface area contributed by atoms with Crippen LogP contribution in [0.2, 0.25) is 0 Å². The summed E-state index contributed by atoms with van der Waals surface area (Å²) in [6.07, 6.45) is -2.95. The van der Waals surface area contributed by atoms with E-state index in [1.807, 2.05) is 74.5 Å². The quantitative estimate of drug-likeness (QED) is 0.270. The fourth-order valence-corrected chi connectivity index (χ4v) is 5.04. The molecule has 1 N–H and O–H groups in total. The number of rotatable bonds is 7. The Kier molecular flexibility index (Phi) is 8.24. The van der Waals surface area contributed by atoms with E-state index in [0.717, 1.165) is 11.1 Å². The summed E-state index contributed by atoms with van der Waals surface area (Å²) in [5, 5.41) is 11.2. The highest BCUT2D eigenvalue weighted by Gasteiger charge is 2.53. The van der Waals surface area contributed by atoms with Gasteiger partial charge in [0.05, 0.1) is 18.3 Å². The Labute approximate surface area is 238 Å². The molecule has 3 aromatic rings. The second-order valence-electron chi connectivity index (χ2n) is 10.4. The largest absolute Gasteiger partial charge is 0.512 e. The van der Waals surface area contributed by atoms with Crippen molar-refractivity contribution in [3.63, 3.8) is 0 Å². The SMILES string of the molecule is CC(C)COC(=O)C1=C(O)CC2c3ccccc3N(C(=O)OCc3ccccc3)C1N2C(=O)OCc1ccccc1. The Morgan fingerprint density at radius 3 is 1.98 bits per heavy atom. The zero-order valence-corrected chi connectivity index (χ0v) is 22.9. The van der Waals surface area contributed by atoms with Gasteiger partial charge in [0.15, 0.2) is 6.17 Å². The minimum Gasteiger partial charge on any atom is -0.512 e. The Hall–Kier alpha value is -4.79. The van der Waals surface area contributed by atoms with E-state index in [1.54, 1.807) is 24.3 Å². The summed E-state index contributed by atoms with van der Waals surface area (Å²) in [5.74, 6) is -1.04. The van der Waals surface area contributed by atoms with Crippen molar-refractivity contribution in [3.8, 4) is 0 Å². The molecule has 0 spiro atoms. The van der Waals surface area contributed by atoms with Gasteiger partial charge in [-0.25, -0.2) is 14.4 Å². The van der Waals surface area contributed by atoms with Crippen LogP contribution < -0.4 is 4.90 Å². The van der Waals surface area contributed by atoms with Gasteiger partial charge < -0.3 is 19.3 Å². The molecule has 2 aliphatic heterocycles. The molecule has 2 atom stereocenters. The summed E-state index contributed by atoms with van der Waals surface area (Å²) >= 11 is 0. The monoisotopic (exact) mass is 556 g/mol. The van der Waals surface area contributed by atoms with Gasteiger partial charge >= 0.3 is 18.2 Å². The molecule has 0 aliphatic carbocycles. The van der Waals surface area contributed by atoms with Crippen LogP contribution in [0.3, 0.4) is 0 Å². The second kappa shape index (κ2) is 12.2. The molecule has 9 heteroatoms. The van der Waals surface area contributed by atoms with E-state index in [1.165, 1.54) is 9.80 Å². The van der Waals surface area contributed by atoms with Crippen LogP contribution >= 0.6 is 0 Å². The van der Waals surface area contributed by atoms with E-state index in [2.05, 4.69) is 0 Å². The third-order valence-electron chi connectivity index (χ3n) is 6.94. The molecular weight excluding hydrogens is 524 g/mol. The van der Waals surface area contributed by atoms with Gasteiger partial charge in [-0.1, -0.05) is 92.7 Å². The molecule has 3 aromatic carbocycles. The number of hydrogen-bond donors (Lipinski definition) is 1. The van der Waals surface area contributed by atoms with Crippen molar-refractivity contribution in [1.29, 1.82) is 0 Å². The van der Waals surface area contributed by atoms with E-state index in [-0.39, 0.29) is 43.5 Å². The molecule has 2 bridgehead atoms. The highest BCUT2D eigenvalue weighted by atomic mass is 16.6. The summed E-state index contributed by atoms with van der Waals surface area (Å²) in [6.45, 7) is 3.82. The Morgan fingerprint density at radius 1 is 0.805 bits per heavy atom. The van der Waals surface area contributed by atoms with Gasteiger partial charge in [-0.05, 0) is 28.7 Å². The molecule has 2 aliphatic rings. The van der Waals surface area contributed by atoms with Crippen LogP contribution in [0.5, 0.6) is 0 Å². The van der Waals surface area contributed by atoms with Crippen molar-refractivity contribution < 1.29 is 33.7 Å². The molecule has 0 aromatic heterocycles. The topological polar surface area (TPSA) is 106 Å². The number of esters is 1. The van der Waals surface area contributed by atoms with Gasteiger partial charge in [0.2, 0.25) is 0 Å². The maximum absolute atomic E-state index is 13.8. The number of amides is 2. The number of hydrogen-bond acceptors (Lipinski definition) is 7. The van der Waals surface area contributed by atoms with Crippen LogP contribution in [0, 0.1) is 5.92 Å². The summed E-state index contributed by atoms with van der Waals surface area (Å²) in [6, 6.07) is 24.7. The van der Waals surface area contributed by atoms with Gasteiger partial charge in [-0.3, -0.25) is 9.80 Å². The number of anilines is 1. The number of aliphatic hydroxyl groups is 1. The van der Waals surface area contributed by atoms with Crippen molar-refractivity contribution in [2.45, 2.75) is 45.7 Å². The molecule has 2 unspecified atom stereocenters. The maximum atomic E-state index is 13.8. The van der Waals surface area contributed by atoms with Gasteiger partial charge in [0.1, 0.15) is 24.5 Å². The molecule has 2 heterocycles. The lowest BCUT2D eigenvalue weighted by atomic mass is 9.87. The second-order valence-corrected chi connectivity index (χ2v) is 10.4. The van der Waals surface area contributed by atoms with Gasteiger partial charge in [0.25, 0.3) is 0 Å². The fraction of sp³-hybridized carbons (Fsp3) is 0.281. The maximum Gasteiger partial charge on any atom is 0.416 e. The Morgan fingerprint density at radius 2 is 1.37 bits per heavy atom. The smallest absolute Gasteiger partial charge is 0.416 e. The number of ether oxygens (including phenoxy) is 3. The molecule has 0 radical (unpaired) electrons. The summed E-state index contributed by atoms with van der Waals surface area (Å²) < 4.78 is 16.9. The average Bonchev–Trinajstić information content (AvgIpc) is 2.98. The molecule has 5 rings (SSSR count). The first-order chi connectivity index (χ1) is 19.8. The lowest BCUT2D eigenvalue weighted by Crippen LogP contribution is -2.62. The van der Waals surface area contributed by atoms with E-state index in [9.17, 15) is 19.5 Å².